The molecule has 210 valence electrons. The van der Waals surface area contributed by atoms with Gasteiger partial charge in [0.25, 0.3) is 0 Å². The summed E-state index contributed by atoms with van der Waals surface area (Å²) in [6.45, 7) is 16.4. The number of hydrogen-bond donors (Lipinski definition) is 0. The highest BCUT2D eigenvalue weighted by Crippen LogP contribution is 2.86. The molecule has 1 saturated heterocycles. The lowest BCUT2D eigenvalue weighted by molar-refractivity contribution is -0.184. The van der Waals surface area contributed by atoms with Gasteiger partial charge in [-0.15, -0.1) is 0 Å². The van der Waals surface area contributed by atoms with Crippen LogP contribution in [0.2, 0.25) is 0 Å². The molecule has 0 aromatic rings. The Hall–Kier alpha value is -1.10. The Bertz CT molecular complexity index is 943. The summed E-state index contributed by atoms with van der Waals surface area (Å²) in [6, 6.07) is 0. The van der Waals surface area contributed by atoms with Crippen molar-refractivity contribution in [1.29, 1.82) is 0 Å². The van der Waals surface area contributed by atoms with Gasteiger partial charge in [-0.1, -0.05) is 54.4 Å². The maximum absolute atomic E-state index is 11.9. The van der Waals surface area contributed by atoms with Crippen LogP contribution in [-0.4, -0.2) is 36.4 Å². The van der Waals surface area contributed by atoms with E-state index in [4.69, 9.17) is 14.2 Å². The standard InChI is InChI=1S/C32H52O5/c1-21(11-9-10-12-26(34)35-8)23-13-17-30(7)28(23,5)19-20-31-29(6)16-15-25(36-22(2)33)27(3,4)24(29)14-18-32(30,31)37-31/h21,23-25H,9-20H2,1-8H3/t21-,23-,24+,25+,28-,29+,30-,31?,32?/m1/s1. The largest absolute Gasteiger partial charge is 0.469 e. The lowest BCUT2D eigenvalue weighted by atomic mass is 9.38. The Morgan fingerprint density at radius 2 is 1.62 bits per heavy atom. The molecule has 0 bridgehead atoms. The van der Waals surface area contributed by atoms with Gasteiger partial charge < -0.3 is 14.2 Å². The van der Waals surface area contributed by atoms with Crippen molar-refractivity contribution in [3.63, 3.8) is 0 Å². The van der Waals surface area contributed by atoms with Crippen LogP contribution in [0.5, 0.6) is 0 Å². The number of hydrogen-bond acceptors (Lipinski definition) is 5. The molecule has 5 rings (SSSR count). The molecule has 37 heavy (non-hydrogen) atoms. The van der Waals surface area contributed by atoms with Gasteiger partial charge in [0.05, 0.1) is 7.11 Å². The van der Waals surface area contributed by atoms with Crippen LogP contribution in [0.4, 0.5) is 0 Å². The summed E-state index contributed by atoms with van der Waals surface area (Å²) in [7, 11) is 1.48. The molecule has 5 nitrogen and oxygen atoms in total. The van der Waals surface area contributed by atoms with Gasteiger partial charge in [0, 0.05) is 29.6 Å². The zero-order valence-corrected chi connectivity index (χ0v) is 24.8. The van der Waals surface area contributed by atoms with Crippen molar-refractivity contribution < 1.29 is 23.8 Å². The number of rotatable bonds is 7. The minimum atomic E-state index is -0.148. The van der Waals surface area contributed by atoms with E-state index < -0.39 is 0 Å². The third kappa shape index (κ3) is 3.43. The molecule has 0 spiro atoms. The smallest absolute Gasteiger partial charge is 0.305 e. The van der Waals surface area contributed by atoms with Crippen LogP contribution in [0.25, 0.3) is 0 Å². The van der Waals surface area contributed by atoms with E-state index in [2.05, 4.69) is 41.5 Å². The molecule has 2 unspecified atom stereocenters. The van der Waals surface area contributed by atoms with Gasteiger partial charge in [-0.2, -0.15) is 0 Å². The summed E-state index contributed by atoms with van der Waals surface area (Å²) in [5.74, 6) is 1.65. The molecule has 5 aliphatic rings. The Morgan fingerprint density at radius 1 is 0.892 bits per heavy atom. The van der Waals surface area contributed by atoms with Crippen molar-refractivity contribution in [2.45, 2.75) is 143 Å². The van der Waals surface area contributed by atoms with Gasteiger partial charge in [-0.05, 0) is 81.0 Å². The van der Waals surface area contributed by atoms with E-state index in [1.165, 1.54) is 45.6 Å². The maximum Gasteiger partial charge on any atom is 0.305 e. The first-order valence-electron chi connectivity index (χ1n) is 15.2. The summed E-state index contributed by atoms with van der Waals surface area (Å²) in [4.78, 5) is 23.4. The number of epoxide rings is 1. The Morgan fingerprint density at radius 3 is 2.30 bits per heavy atom. The van der Waals surface area contributed by atoms with Crippen LogP contribution in [0.1, 0.15) is 126 Å². The van der Waals surface area contributed by atoms with Crippen molar-refractivity contribution in [3.8, 4) is 0 Å². The highest BCUT2D eigenvalue weighted by molar-refractivity contribution is 5.69. The number of methoxy groups -OCH3 is 1. The van der Waals surface area contributed by atoms with Gasteiger partial charge in [0.15, 0.2) is 0 Å². The Labute approximate surface area is 225 Å². The van der Waals surface area contributed by atoms with Crippen LogP contribution >= 0.6 is 0 Å². The van der Waals surface area contributed by atoms with Gasteiger partial charge in [-0.25, -0.2) is 0 Å². The molecular weight excluding hydrogens is 464 g/mol. The SMILES string of the molecule is COC(=O)CCCC[C@@H](C)[C@H]1CC[C@@]2(C)C34CC[C@H]5C(C)(C)[C@@H](OC(C)=O)CC[C@]5(C)C3(CC[C@]12C)O4. The number of esters is 2. The van der Waals surface area contributed by atoms with Crippen LogP contribution in [-0.2, 0) is 23.8 Å². The van der Waals surface area contributed by atoms with E-state index in [1.807, 2.05) is 0 Å². The first-order chi connectivity index (χ1) is 17.2. The Balaban J connectivity index is 1.36. The maximum atomic E-state index is 11.9. The van der Waals surface area contributed by atoms with E-state index in [0.717, 1.165) is 32.1 Å². The van der Waals surface area contributed by atoms with E-state index in [-0.39, 0.29) is 45.5 Å². The van der Waals surface area contributed by atoms with Gasteiger partial charge in [-0.3, -0.25) is 9.59 Å². The second-order valence-electron chi connectivity index (χ2n) is 14.9. The third-order valence-corrected chi connectivity index (χ3v) is 13.5. The predicted octanol–water partition coefficient (Wildman–Crippen LogP) is 7.25. The number of ether oxygens (including phenoxy) is 3. The zero-order valence-electron chi connectivity index (χ0n) is 24.8. The minimum Gasteiger partial charge on any atom is -0.469 e. The highest BCUT2D eigenvalue weighted by Gasteiger charge is 2.90. The van der Waals surface area contributed by atoms with Gasteiger partial charge >= 0.3 is 11.9 Å². The fourth-order valence-corrected chi connectivity index (χ4v) is 11.4. The van der Waals surface area contributed by atoms with Crippen molar-refractivity contribution in [1.82, 2.24) is 0 Å². The van der Waals surface area contributed by atoms with E-state index in [0.29, 0.717) is 29.6 Å². The predicted molar refractivity (Wildman–Crippen MR) is 144 cm³/mol. The summed E-state index contributed by atoms with van der Waals surface area (Å²) in [5.41, 5.74) is 0.574. The van der Waals surface area contributed by atoms with E-state index in [1.54, 1.807) is 6.92 Å². The molecule has 0 aromatic heterocycles. The van der Waals surface area contributed by atoms with Crippen molar-refractivity contribution in [2.24, 2.45) is 39.4 Å². The lowest BCUT2D eigenvalue weighted by Gasteiger charge is -2.64. The number of carbonyl (C=O) groups excluding carboxylic acids is 2. The number of fused-ring (bicyclic) bond motifs is 2. The summed E-state index contributed by atoms with van der Waals surface area (Å²) in [6.07, 6.45) is 13.1. The average molecular weight is 517 g/mol. The first-order valence-corrected chi connectivity index (χ1v) is 15.2. The highest BCUT2D eigenvalue weighted by atomic mass is 16.6. The number of unbranched alkanes of at least 4 members (excludes halogenated alkanes) is 1. The van der Waals surface area contributed by atoms with Crippen molar-refractivity contribution >= 4 is 11.9 Å². The van der Waals surface area contributed by atoms with Gasteiger partial charge in [0.1, 0.15) is 17.3 Å². The second-order valence-corrected chi connectivity index (χ2v) is 14.9. The Kier molecular flexibility index (Phi) is 6.46. The van der Waals surface area contributed by atoms with E-state index >= 15 is 0 Å². The average Bonchev–Trinajstić information content (AvgIpc) is 3.47. The molecule has 5 fully saturated rings. The monoisotopic (exact) mass is 516 g/mol. The molecule has 1 aliphatic heterocycles. The normalized spacial score (nSPS) is 48.1. The second kappa shape index (κ2) is 8.70. The molecular formula is C32H52O5. The lowest BCUT2D eigenvalue weighted by Crippen LogP contribution is -2.66. The molecule has 0 amide bonds. The first kappa shape index (κ1) is 27.5. The van der Waals surface area contributed by atoms with Crippen LogP contribution in [0, 0.1) is 39.4 Å². The van der Waals surface area contributed by atoms with E-state index in [9.17, 15) is 9.59 Å². The summed E-state index contributed by atoms with van der Waals surface area (Å²) < 4.78 is 18.0. The van der Waals surface area contributed by atoms with Crippen LogP contribution in [0.15, 0.2) is 0 Å². The number of carbonyl (C=O) groups is 2. The van der Waals surface area contributed by atoms with Gasteiger partial charge in [0.2, 0.25) is 0 Å². The molecule has 4 aliphatic carbocycles. The molecule has 9 atom stereocenters. The topological polar surface area (TPSA) is 65.1 Å². The molecule has 0 aromatic carbocycles. The third-order valence-electron chi connectivity index (χ3n) is 13.5. The minimum absolute atomic E-state index is 0.00194. The molecule has 1 heterocycles. The molecule has 4 saturated carbocycles. The summed E-state index contributed by atoms with van der Waals surface area (Å²) in [5, 5.41) is 0. The fraction of sp³-hybridized carbons (Fsp3) is 0.938. The fourth-order valence-electron chi connectivity index (χ4n) is 11.4. The van der Waals surface area contributed by atoms with Crippen LogP contribution in [0.3, 0.4) is 0 Å². The zero-order chi connectivity index (χ0) is 27.1. The summed E-state index contributed by atoms with van der Waals surface area (Å²) >= 11 is 0. The van der Waals surface area contributed by atoms with Crippen LogP contribution < -0.4 is 0 Å². The molecule has 0 N–H and O–H groups in total. The molecule has 0 radical (unpaired) electrons. The van der Waals surface area contributed by atoms with Crippen molar-refractivity contribution in [3.05, 3.63) is 0 Å². The molecule has 5 heteroatoms. The quantitative estimate of drug-likeness (QED) is 0.203. The van der Waals surface area contributed by atoms with Crippen molar-refractivity contribution in [2.75, 3.05) is 7.11 Å².